The Bertz CT molecular complexity index is 608. The molecule has 1 amide bonds. The standard InChI is InChI=1S/C13H13Cl2N3O2/c1-3-11(12-16-7(2)20-18-12)17-13(19)8-4-9(14)6-10(15)5-8/h4-6,11H,3H2,1-2H3,(H,17,19)/t11-/m0/s1. The molecule has 1 N–H and O–H groups in total. The van der Waals surface area contributed by atoms with Gasteiger partial charge in [-0.3, -0.25) is 4.79 Å². The molecule has 0 fully saturated rings. The number of carbonyl (C=O) groups is 1. The maximum absolute atomic E-state index is 12.2. The van der Waals surface area contributed by atoms with Crippen molar-refractivity contribution in [1.29, 1.82) is 0 Å². The summed E-state index contributed by atoms with van der Waals surface area (Å²) in [6, 6.07) is 4.35. The van der Waals surface area contributed by atoms with Crippen LogP contribution in [-0.2, 0) is 0 Å². The van der Waals surface area contributed by atoms with Crippen molar-refractivity contribution in [3.05, 3.63) is 45.5 Å². The zero-order valence-electron chi connectivity index (χ0n) is 11.0. The van der Waals surface area contributed by atoms with Gasteiger partial charge in [0.15, 0.2) is 5.82 Å². The van der Waals surface area contributed by atoms with Crippen molar-refractivity contribution in [2.24, 2.45) is 0 Å². The van der Waals surface area contributed by atoms with E-state index >= 15 is 0 Å². The van der Waals surface area contributed by atoms with Crippen molar-refractivity contribution >= 4 is 29.1 Å². The van der Waals surface area contributed by atoms with E-state index in [2.05, 4.69) is 15.5 Å². The highest BCUT2D eigenvalue weighted by Crippen LogP contribution is 2.20. The number of hydrogen-bond donors (Lipinski definition) is 1. The Morgan fingerprint density at radius 3 is 2.50 bits per heavy atom. The third kappa shape index (κ3) is 3.49. The Morgan fingerprint density at radius 1 is 1.35 bits per heavy atom. The fourth-order valence-corrected chi connectivity index (χ4v) is 2.26. The summed E-state index contributed by atoms with van der Waals surface area (Å²) >= 11 is 11.8. The van der Waals surface area contributed by atoms with Crippen LogP contribution >= 0.6 is 23.2 Å². The molecule has 1 atom stereocenters. The topological polar surface area (TPSA) is 68.0 Å². The first-order valence-corrected chi connectivity index (χ1v) is 6.82. The third-order valence-corrected chi connectivity index (χ3v) is 3.13. The molecule has 0 saturated heterocycles. The number of benzene rings is 1. The Labute approximate surface area is 126 Å². The van der Waals surface area contributed by atoms with E-state index in [0.29, 0.717) is 33.7 Å². The van der Waals surface area contributed by atoms with Gasteiger partial charge in [0.1, 0.15) is 0 Å². The zero-order valence-corrected chi connectivity index (χ0v) is 12.5. The molecule has 5 nitrogen and oxygen atoms in total. The van der Waals surface area contributed by atoms with Crippen LogP contribution in [-0.4, -0.2) is 16.0 Å². The van der Waals surface area contributed by atoms with Gasteiger partial charge in [0, 0.05) is 22.5 Å². The van der Waals surface area contributed by atoms with E-state index in [1.54, 1.807) is 25.1 Å². The molecule has 0 aliphatic rings. The first-order chi connectivity index (χ1) is 9.49. The molecular formula is C13H13Cl2N3O2. The van der Waals surface area contributed by atoms with Crippen molar-refractivity contribution in [1.82, 2.24) is 15.5 Å². The smallest absolute Gasteiger partial charge is 0.251 e. The second kappa shape index (κ2) is 6.24. The van der Waals surface area contributed by atoms with Crippen LogP contribution < -0.4 is 5.32 Å². The van der Waals surface area contributed by atoms with E-state index in [1.165, 1.54) is 0 Å². The van der Waals surface area contributed by atoms with E-state index in [4.69, 9.17) is 27.7 Å². The molecule has 0 saturated carbocycles. The first kappa shape index (κ1) is 14.8. The minimum Gasteiger partial charge on any atom is -0.342 e. The van der Waals surface area contributed by atoms with Crippen LogP contribution in [0.5, 0.6) is 0 Å². The molecule has 0 aliphatic carbocycles. The Morgan fingerprint density at radius 2 is 2.00 bits per heavy atom. The average Bonchev–Trinajstić information content (AvgIpc) is 2.81. The summed E-state index contributed by atoms with van der Waals surface area (Å²) in [5.74, 6) is 0.619. The third-order valence-electron chi connectivity index (χ3n) is 2.69. The maximum Gasteiger partial charge on any atom is 0.251 e. The number of hydrogen-bond acceptors (Lipinski definition) is 4. The largest absolute Gasteiger partial charge is 0.342 e. The number of aryl methyl sites for hydroxylation is 1. The molecule has 20 heavy (non-hydrogen) atoms. The quantitative estimate of drug-likeness (QED) is 0.937. The van der Waals surface area contributed by atoms with Crippen molar-refractivity contribution in [3.8, 4) is 0 Å². The molecule has 0 unspecified atom stereocenters. The summed E-state index contributed by atoms with van der Waals surface area (Å²) in [6.07, 6.45) is 0.638. The Hall–Kier alpha value is -1.59. The van der Waals surface area contributed by atoms with Gasteiger partial charge in [-0.05, 0) is 24.6 Å². The molecule has 0 radical (unpaired) electrons. The predicted octanol–water partition coefficient (Wildman–Crippen LogP) is 3.57. The highest BCUT2D eigenvalue weighted by atomic mass is 35.5. The predicted molar refractivity (Wildman–Crippen MR) is 76.0 cm³/mol. The number of carbonyl (C=O) groups excluding carboxylic acids is 1. The molecule has 1 heterocycles. The molecule has 1 aromatic heterocycles. The van der Waals surface area contributed by atoms with Gasteiger partial charge in [-0.1, -0.05) is 35.3 Å². The lowest BCUT2D eigenvalue weighted by atomic mass is 10.1. The SMILES string of the molecule is CC[C@H](NC(=O)c1cc(Cl)cc(Cl)c1)c1noc(C)n1. The fourth-order valence-electron chi connectivity index (χ4n) is 1.73. The van der Waals surface area contributed by atoms with Gasteiger partial charge in [0.05, 0.1) is 6.04 Å². The molecule has 0 spiro atoms. The molecule has 0 aliphatic heterocycles. The minimum atomic E-state index is -0.322. The van der Waals surface area contributed by atoms with E-state index in [-0.39, 0.29) is 11.9 Å². The number of nitrogens with one attached hydrogen (secondary N) is 1. The summed E-state index contributed by atoms with van der Waals surface area (Å²) in [5, 5.41) is 7.46. The van der Waals surface area contributed by atoms with Gasteiger partial charge in [-0.15, -0.1) is 0 Å². The van der Waals surface area contributed by atoms with Crippen LogP contribution in [0.3, 0.4) is 0 Å². The fraction of sp³-hybridized carbons (Fsp3) is 0.308. The van der Waals surface area contributed by atoms with Crippen molar-refractivity contribution < 1.29 is 9.32 Å². The molecule has 1 aromatic carbocycles. The molecule has 2 aromatic rings. The minimum absolute atomic E-state index is 0.288. The number of amides is 1. The number of aromatic nitrogens is 2. The summed E-state index contributed by atoms with van der Waals surface area (Å²) in [6.45, 7) is 3.61. The monoisotopic (exact) mass is 313 g/mol. The van der Waals surface area contributed by atoms with Gasteiger partial charge in [-0.2, -0.15) is 4.98 Å². The highest BCUT2D eigenvalue weighted by molar-refractivity contribution is 6.35. The second-order valence-electron chi connectivity index (χ2n) is 4.26. The van der Waals surface area contributed by atoms with Gasteiger partial charge < -0.3 is 9.84 Å². The molecule has 106 valence electrons. The average molecular weight is 314 g/mol. The van der Waals surface area contributed by atoms with Crippen LogP contribution in [0.15, 0.2) is 22.7 Å². The summed E-state index contributed by atoms with van der Waals surface area (Å²) < 4.78 is 4.92. The highest BCUT2D eigenvalue weighted by Gasteiger charge is 2.19. The van der Waals surface area contributed by atoms with E-state index < -0.39 is 0 Å². The summed E-state index contributed by atoms with van der Waals surface area (Å²) in [5.41, 5.74) is 0.390. The van der Waals surface area contributed by atoms with Crippen molar-refractivity contribution in [2.75, 3.05) is 0 Å². The van der Waals surface area contributed by atoms with Gasteiger partial charge in [0.2, 0.25) is 5.89 Å². The number of nitrogens with zero attached hydrogens (tertiary/aromatic N) is 2. The maximum atomic E-state index is 12.2. The van der Waals surface area contributed by atoms with E-state index in [9.17, 15) is 4.79 Å². The molecule has 7 heteroatoms. The number of rotatable bonds is 4. The normalized spacial score (nSPS) is 12.2. The van der Waals surface area contributed by atoms with Gasteiger partial charge >= 0.3 is 0 Å². The first-order valence-electron chi connectivity index (χ1n) is 6.06. The van der Waals surface area contributed by atoms with Gasteiger partial charge in [0.25, 0.3) is 5.91 Å². The summed E-state index contributed by atoms with van der Waals surface area (Å²) in [4.78, 5) is 16.3. The van der Waals surface area contributed by atoms with Crippen molar-refractivity contribution in [3.63, 3.8) is 0 Å². The zero-order chi connectivity index (χ0) is 14.7. The lowest BCUT2D eigenvalue weighted by Gasteiger charge is -2.13. The number of halogens is 2. The van der Waals surface area contributed by atoms with E-state index in [0.717, 1.165) is 0 Å². The van der Waals surface area contributed by atoms with Gasteiger partial charge in [-0.25, -0.2) is 0 Å². The summed E-state index contributed by atoms with van der Waals surface area (Å²) in [7, 11) is 0. The molecular weight excluding hydrogens is 301 g/mol. The van der Waals surface area contributed by atoms with Crippen LogP contribution in [0.4, 0.5) is 0 Å². The second-order valence-corrected chi connectivity index (χ2v) is 5.14. The van der Waals surface area contributed by atoms with Crippen LogP contribution in [0.2, 0.25) is 10.0 Å². The Balaban J connectivity index is 2.17. The van der Waals surface area contributed by atoms with Crippen molar-refractivity contribution in [2.45, 2.75) is 26.3 Å². The molecule has 2 rings (SSSR count). The van der Waals surface area contributed by atoms with Crippen LogP contribution in [0, 0.1) is 6.92 Å². The van der Waals surface area contributed by atoms with Crippen LogP contribution in [0.25, 0.3) is 0 Å². The lowest BCUT2D eigenvalue weighted by molar-refractivity contribution is 0.0933. The van der Waals surface area contributed by atoms with Crippen LogP contribution in [0.1, 0.15) is 41.5 Å². The van der Waals surface area contributed by atoms with E-state index in [1.807, 2.05) is 6.92 Å². The molecule has 0 bridgehead atoms. The Kier molecular flexibility index (Phi) is 4.62. The lowest BCUT2D eigenvalue weighted by Crippen LogP contribution is -2.28.